The number of nitrogens with one attached hydrogen (secondary N) is 1. The number of benzene rings is 2. The normalized spacial score (nSPS) is 15.1. The fraction of sp³-hybridized carbons (Fsp3) is 0.0870. The Labute approximate surface area is 204 Å². The average molecular weight is 501 g/mol. The van der Waals surface area contributed by atoms with E-state index in [-0.39, 0.29) is 10.7 Å². The summed E-state index contributed by atoms with van der Waals surface area (Å²) in [6, 6.07) is 15.7. The molecule has 0 saturated carbocycles. The highest BCUT2D eigenvalue weighted by molar-refractivity contribution is 7.99. The van der Waals surface area contributed by atoms with Crippen LogP contribution in [-0.2, 0) is 9.59 Å². The van der Waals surface area contributed by atoms with Gasteiger partial charge >= 0.3 is 0 Å². The van der Waals surface area contributed by atoms with Gasteiger partial charge in [-0.1, -0.05) is 23.4 Å². The van der Waals surface area contributed by atoms with Crippen LogP contribution in [0, 0.1) is 0 Å². The van der Waals surface area contributed by atoms with Crippen LogP contribution >= 0.6 is 35.6 Å². The van der Waals surface area contributed by atoms with E-state index in [9.17, 15) is 9.59 Å². The first kappa shape index (κ1) is 22.9. The molecular formula is C23H17ClN2O5S2. The summed E-state index contributed by atoms with van der Waals surface area (Å²) in [5.41, 5.74) is 0.247. The van der Waals surface area contributed by atoms with Crippen LogP contribution in [0.15, 0.2) is 74.6 Å². The van der Waals surface area contributed by atoms with Crippen molar-refractivity contribution in [3.05, 3.63) is 71.0 Å². The third-order valence-electron chi connectivity index (χ3n) is 4.65. The van der Waals surface area contributed by atoms with Crippen LogP contribution < -0.4 is 19.7 Å². The Balaban J connectivity index is 1.62. The van der Waals surface area contributed by atoms with Gasteiger partial charge < -0.3 is 13.9 Å². The van der Waals surface area contributed by atoms with Crippen molar-refractivity contribution in [2.75, 3.05) is 19.1 Å². The van der Waals surface area contributed by atoms with Gasteiger partial charge in [-0.2, -0.15) is 0 Å². The Hall–Kier alpha value is -3.27. The van der Waals surface area contributed by atoms with Gasteiger partial charge in [0.2, 0.25) is 0 Å². The number of thiocarbonyl (C=S) groups is 1. The number of furan rings is 1. The van der Waals surface area contributed by atoms with Crippen molar-refractivity contribution in [3.63, 3.8) is 0 Å². The molecule has 0 atom stereocenters. The molecule has 1 saturated heterocycles. The maximum Gasteiger partial charge on any atom is 0.270 e. The van der Waals surface area contributed by atoms with Gasteiger partial charge in [0.15, 0.2) is 10.2 Å². The second kappa shape index (κ2) is 9.70. The summed E-state index contributed by atoms with van der Waals surface area (Å²) in [5, 5.41) is 3.73. The number of rotatable bonds is 6. The van der Waals surface area contributed by atoms with Crippen LogP contribution in [0.2, 0.25) is 5.02 Å². The molecule has 10 heteroatoms. The lowest BCUT2D eigenvalue weighted by atomic mass is 10.1. The van der Waals surface area contributed by atoms with Crippen LogP contribution in [0.5, 0.6) is 11.5 Å². The molecule has 1 aromatic heterocycles. The number of halogens is 1. The number of nitrogens with zero attached hydrogens (tertiary/aromatic N) is 1. The number of hydrogen-bond donors (Lipinski definition) is 1. The monoisotopic (exact) mass is 500 g/mol. The van der Waals surface area contributed by atoms with Crippen LogP contribution in [0.4, 0.5) is 5.69 Å². The molecule has 7 nitrogen and oxygen atoms in total. The fourth-order valence-electron chi connectivity index (χ4n) is 3.07. The van der Waals surface area contributed by atoms with Crippen LogP contribution in [-0.4, -0.2) is 31.1 Å². The zero-order valence-electron chi connectivity index (χ0n) is 17.5. The topological polar surface area (TPSA) is 81.0 Å². The van der Waals surface area contributed by atoms with E-state index < -0.39 is 11.8 Å². The van der Waals surface area contributed by atoms with E-state index in [1.54, 1.807) is 42.5 Å². The summed E-state index contributed by atoms with van der Waals surface area (Å²) in [4.78, 5) is 28.0. The number of methoxy groups -OCH3 is 2. The quantitative estimate of drug-likeness (QED) is 0.292. The van der Waals surface area contributed by atoms with Gasteiger partial charge in [0, 0.05) is 16.0 Å². The highest BCUT2D eigenvalue weighted by Gasteiger charge is 2.36. The average Bonchev–Trinajstić information content (AvgIpc) is 3.25. The molecule has 1 N–H and O–H groups in total. The predicted octanol–water partition coefficient (Wildman–Crippen LogP) is 4.93. The zero-order valence-corrected chi connectivity index (χ0v) is 19.8. The Morgan fingerprint density at radius 2 is 1.82 bits per heavy atom. The van der Waals surface area contributed by atoms with Gasteiger partial charge in [-0.3, -0.25) is 14.9 Å². The lowest BCUT2D eigenvalue weighted by molar-refractivity contribution is -0.122. The second-order valence-electron chi connectivity index (χ2n) is 6.71. The maximum atomic E-state index is 13.3. The number of ether oxygens (including phenoxy) is 2. The van der Waals surface area contributed by atoms with Crippen molar-refractivity contribution in [1.82, 2.24) is 5.32 Å². The lowest BCUT2D eigenvalue weighted by Crippen LogP contribution is -2.54. The predicted molar refractivity (Wildman–Crippen MR) is 130 cm³/mol. The molecule has 2 amide bonds. The van der Waals surface area contributed by atoms with Crippen molar-refractivity contribution in [3.8, 4) is 11.5 Å². The summed E-state index contributed by atoms with van der Waals surface area (Å²) in [6.45, 7) is 0. The van der Waals surface area contributed by atoms with E-state index in [0.717, 1.165) is 4.90 Å². The molecular weight excluding hydrogens is 484 g/mol. The highest BCUT2D eigenvalue weighted by Crippen LogP contribution is 2.35. The van der Waals surface area contributed by atoms with E-state index in [2.05, 4.69) is 5.32 Å². The van der Waals surface area contributed by atoms with Gasteiger partial charge in [-0.15, -0.1) is 0 Å². The molecule has 1 aliphatic heterocycles. The summed E-state index contributed by atoms with van der Waals surface area (Å²) >= 11 is 12.6. The van der Waals surface area contributed by atoms with Crippen LogP contribution in [0.3, 0.4) is 0 Å². The van der Waals surface area contributed by atoms with Crippen LogP contribution in [0.25, 0.3) is 6.08 Å². The molecule has 3 aromatic rings. The number of carbonyl (C=O) groups excluding carboxylic acids is 2. The van der Waals surface area contributed by atoms with E-state index >= 15 is 0 Å². The number of carbonyl (C=O) groups is 2. The van der Waals surface area contributed by atoms with E-state index in [1.807, 2.05) is 12.1 Å². The summed E-state index contributed by atoms with van der Waals surface area (Å²) in [6.07, 6.45) is 1.38. The molecule has 4 rings (SSSR count). The van der Waals surface area contributed by atoms with Crippen molar-refractivity contribution >= 4 is 64.3 Å². The molecule has 0 unspecified atom stereocenters. The molecule has 2 aromatic carbocycles. The Morgan fingerprint density at radius 1 is 1.06 bits per heavy atom. The van der Waals surface area contributed by atoms with E-state index in [4.69, 9.17) is 37.7 Å². The molecule has 0 radical (unpaired) electrons. The fourth-order valence-corrected chi connectivity index (χ4v) is 4.25. The lowest BCUT2D eigenvalue weighted by Gasteiger charge is -2.29. The molecule has 1 aliphatic rings. The van der Waals surface area contributed by atoms with Gasteiger partial charge in [0.1, 0.15) is 22.8 Å². The molecule has 0 spiro atoms. The summed E-state index contributed by atoms with van der Waals surface area (Å²) in [5.74, 6) is 0.0410. The third kappa shape index (κ3) is 4.90. The third-order valence-corrected chi connectivity index (χ3v) is 6.12. The molecule has 33 heavy (non-hydrogen) atoms. The van der Waals surface area contributed by atoms with E-state index in [0.29, 0.717) is 33.1 Å². The Bertz CT molecular complexity index is 1270. The van der Waals surface area contributed by atoms with Gasteiger partial charge in [0.25, 0.3) is 11.8 Å². The van der Waals surface area contributed by atoms with Crippen LogP contribution in [0.1, 0.15) is 5.76 Å². The largest absolute Gasteiger partial charge is 0.497 e. The Kier molecular flexibility index (Phi) is 6.73. The minimum absolute atomic E-state index is 0.0518. The van der Waals surface area contributed by atoms with Crippen molar-refractivity contribution in [2.45, 2.75) is 9.99 Å². The first-order valence-electron chi connectivity index (χ1n) is 9.56. The zero-order chi connectivity index (χ0) is 23.5. The maximum absolute atomic E-state index is 13.3. The van der Waals surface area contributed by atoms with Crippen molar-refractivity contribution < 1.29 is 23.5 Å². The molecule has 1 fully saturated rings. The van der Waals surface area contributed by atoms with Crippen molar-refractivity contribution in [2.24, 2.45) is 0 Å². The number of anilines is 1. The SMILES string of the molecule is COc1ccc(N2C(=O)/C(=C/c3ccc(Sc4ccc(Cl)cc4)o3)C(=O)NC2=S)c(OC)c1. The van der Waals surface area contributed by atoms with Gasteiger partial charge in [0.05, 0.1) is 19.9 Å². The van der Waals surface area contributed by atoms with E-state index in [1.165, 1.54) is 37.0 Å². The Morgan fingerprint density at radius 3 is 2.52 bits per heavy atom. The second-order valence-corrected chi connectivity index (χ2v) is 8.61. The standard InChI is InChI=1S/C23H17ClN2O5S2/c1-29-14-5-9-18(19(12-14)30-2)26-22(28)17(21(27)25-23(26)32)11-15-6-10-20(31-15)33-16-7-3-13(24)4-8-16/h3-12H,1-2H3,(H,25,27,32)/b17-11+. The minimum Gasteiger partial charge on any atom is -0.497 e. The smallest absolute Gasteiger partial charge is 0.270 e. The molecule has 168 valence electrons. The molecule has 2 heterocycles. The summed E-state index contributed by atoms with van der Waals surface area (Å²) in [7, 11) is 2.99. The number of amides is 2. The first-order chi connectivity index (χ1) is 15.9. The number of hydrogen-bond acceptors (Lipinski definition) is 7. The van der Waals surface area contributed by atoms with Gasteiger partial charge in [-0.25, -0.2) is 4.90 Å². The first-order valence-corrected chi connectivity index (χ1v) is 11.2. The molecule has 0 bridgehead atoms. The highest BCUT2D eigenvalue weighted by atomic mass is 35.5. The van der Waals surface area contributed by atoms with Gasteiger partial charge in [-0.05, 0) is 66.8 Å². The summed E-state index contributed by atoms with van der Waals surface area (Å²) < 4.78 is 16.4. The van der Waals surface area contributed by atoms with Crippen molar-refractivity contribution in [1.29, 1.82) is 0 Å². The minimum atomic E-state index is -0.614. The molecule has 0 aliphatic carbocycles.